The molecular formula is C10H22O4. The van der Waals surface area contributed by atoms with Crippen molar-refractivity contribution >= 4 is 0 Å². The Morgan fingerprint density at radius 3 is 1.86 bits per heavy atom. The lowest BCUT2D eigenvalue weighted by Gasteiger charge is -2.18. The van der Waals surface area contributed by atoms with E-state index in [0.29, 0.717) is 13.2 Å². The first-order chi connectivity index (χ1) is 6.60. The van der Waals surface area contributed by atoms with E-state index in [4.69, 9.17) is 18.9 Å². The normalized spacial score (nSPS) is 17.8. The molecule has 0 aliphatic rings. The van der Waals surface area contributed by atoms with Crippen LogP contribution in [0.3, 0.4) is 0 Å². The van der Waals surface area contributed by atoms with Gasteiger partial charge in [-0.3, -0.25) is 0 Å². The molecule has 4 nitrogen and oxygen atoms in total. The summed E-state index contributed by atoms with van der Waals surface area (Å²) in [7, 11) is 3.28. The van der Waals surface area contributed by atoms with Crippen LogP contribution in [0.1, 0.15) is 20.8 Å². The van der Waals surface area contributed by atoms with Gasteiger partial charge in [-0.1, -0.05) is 0 Å². The number of hydrogen-bond donors (Lipinski definition) is 0. The molecule has 0 fully saturated rings. The molecule has 0 rings (SSSR count). The maximum absolute atomic E-state index is 5.48. The Bertz CT molecular complexity index is 115. The third-order valence-electron chi connectivity index (χ3n) is 1.92. The summed E-state index contributed by atoms with van der Waals surface area (Å²) < 4.78 is 20.8. The largest absolute Gasteiger partial charge is 0.379 e. The van der Waals surface area contributed by atoms with Crippen molar-refractivity contribution in [3.05, 3.63) is 0 Å². The number of rotatable bonds is 8. The van der Waals surface area contributed by atoms with Crippen LogP contribution in [-0.4, -0.2) is 45.9 Å². The highest BCUT2D eigenvalue weighted by Crippen LogP contribution is 1.99. The zero-order valence-electron chi connectivity index (χ0n) is 9.78. The molecule has 0 N–H and O–H groups in total. The highest BCUT2D eigenvalue weighted by atomic mass is 16.7. The molecule has 0 aromatic heterocycles. The molecule has 0 saturated heterocycles. The molecule has 0 aliphatic heterocycles. The van der Waals surface area contributed by atoms with E-state index < -0.39 is 0 Å². The molecule has 0 radical (unpaired) electrons. The van der Waals surface area contributed by atoms with Gasteiger partial charge >= 0.3 is 0 Å². The van der Waals surface area contributed by atoms with Crippen molar-refractivity contribution in [2.45, 2.75) is 39.3 Å². The first-order valence-corrected chi connectivity index (χ1v) is 4.89. The van der Waals surface area contributed by atoms with E-state index in [1.165, 1.54) is 0 Å². The van der Waals surface area contributed by atoms with E-state index in [2.05, 4.69) is 0 Å². The Balaban J connectivity index is 3.40. The standard InChI is InChI=1S/C10H22O4/c1-8(11-4)6-13-9(2)7-14-10(3)12-5/h8-10H,6-7H2,1-5H3. The maximum Gasteiger partial charge on any atom is 0.154 e. The van der Waals surface area contributed by atoms with E-state index in [9.17, 15) is 0 Å². The van der Waals surface area contributed by atoms with E-state index in [1.807, 2.05) is 20.8 Å². The van der Waals surface area contributed by atoms with Crippen LogP contribution < -0.4 is 0 Å². The molecule has 0 aromatic rings. The summed E-state index contributed by atoms with van der Waals surface area (Å²) in [6, 6.07) is 0. The molecule has 3 atom stereocenters. The fraction of sp³-hybridized carbons (Fsp3) is 1.00. The van der Waals surface area contributed by atoms with Gasteiger partial charge in [0.05, 0.1) is 25.4 Å². The monoisotopic (exact) mass is 206 g/mol. The van der Waals surface area contributed by atoms with Crippen molar-refractivity contribution < 1.29 is 18.9 Å². The Morgan fingerprint density at radius 2 is 1.36 bits per heavy atom. The van der Waals surface area contributed by atoms with Crippen LogP contribution in [0.2, 0.25) is 0 Å². The van der Waals surface area contributed by atoms with Gasteiger partial charge in [0.1, 0.15) is 0 Å². The second kappa shape index (κ2) is 8.17. The Labute approximate surface area is 86.5 Å². The predicted octanol–water partition coefficient (Wildman–Crippen LogP) is 1.44. The molecule has 0 amide bonds. The molecule has 14 heavy (non-hydrogen) atoms. The fourth-order valence-corrected chi connectivity index (χ4v) is 0.755. The van der Waals surface area contributed by atoms with Gasteiger partial charge in [-0.05, 0) is 20.8 Å². The van der Waals surface area contributed by atoms with Crippen molar-refractivity contribution in [2.24, 2.45) is 0 Å². The van der Waals surface area contributed by atoms with Crippen molar-refractivity contribution in [3.8, 4) is 0 Å². The minimum atomic E-state index is -0.180. The van der Waals surface area contributed by atoms with Gasteiger partial charge in [-0.2, -0.15) is 0 Å². The summed E-state index contributed by atoms with van der Waals surface area (Å²) in [4.78, 5) is 0. The van der Waals surface area contributed by atoms with E-state index in [1.54, 1.807) is 14.2 Å². The van der Waals surface area contributed by atoms with Crippen LogP contribution in [0.15, 0.2) is 0 Å². The van der Waals surface area contributed by atoms with Crippen LogP contribution >= 0.6 is 0 Å². The van der Waals surface area contributed by atoms with Crippen molar-refractivity contribution in [1.29, 1.82) is 0 Å². The van der Waals surface area contributed by atoms with Crippen molar-refractivity contribution in [1.82, 2.24) is 0 Å². The Hall–Kier alpha value is -0.160. The second-order valence-electron chi connectivity index (χ2n) is 3.33. The molecule has 0 aromatic carbocycles. The number of hydrogen-bond acceptors (Lipinski definition) is 4. The molecule has 3 unspecified atom stereocenters. The lowest BCUT2D eigenvalue weighted by Crippen LogP contribution is -2.25. The highest BCUT2D eigenvalue weighted by molar-refractivity contribution is 4.51. The predicted molar refractivity (Wildman–Crippen MR) is 54.3 cm³/mol. The Morgan fingerprint density at radius 1 is 0.786 bits per heavy atom. The first kappa shape index (κ1) is 13.8. The summed E-state index contributed by atoms with van der Waals surface area (Å²) >= 11 is 0. The molecule has 0 spiro atoms. The first-order valence-electron chi connectivity index (χ1n) is 4.89. The number of ether oxygens (including phenoxy) is 4. The van der Waals surface area contributed by atoms with Gasteiger partial charge in [-0.15, -0.1) is 0 Å². The molecule has 0 saturated carbocycles. The third-order valence-corrected chi connectivity index (χ3v) is 1.92. The van der Waals surface area contributed by atoms with Gasteiger partial charge in [0, 0.05) is 14.2 Å². The Kier molecular flexibility index (Phi) is 8.08. The summed E-state index contributed by atoms with van der Waals surface area (Å²) in [6.07, 6.45) is 0.00315. The van der Waals surface area contributed by atoms with Gasteiger partial charge in [-0.25, -0.2) is 0 Å². The molecule has 86 valence electrons. The quantitative estimate of drug-likeness (QED) is 0.563. The smallest absolute Gasteiger partial charge is 0.154 e. The van der Waals surface area contributed by atoms with Gasteiger partial charge in [0.15, 0.2) is 6.29 Å². The molecular weight excluding hydrogens is 184 g/mol. The van der Waals surface area contributed by atoms with E-state index >= 15 is 0 Å². The third kappa shape index (κ3) is 7.26. The maximum atomic E-state index is 5.48. The summed E-state index contributed by atoms with van der Waals surface area (Å²) in [5.74, 6) is 0. The summed E-state index contributed by atoms with van der Waals surface area (Å²) in [5, 5.41) is 0. The van der Waals surface area contributed by atoms with Crippen LogP contribution in [-0.2, 0) is 18.9 Å². The van der Waals surface area contributed by atoms with Gasteiger partial charge in [0.2, 0.25) is 0 Å². The summed E-state index contributed by atoms with van der Waals surface area (Å²) in [5.41, 5.74) is 0. The van der Waals surface area contributed by atoms with Gasteiger partial charge < -0.3 is 18.9 Å². The minimum absolute atomic E-state index is 0.0604. The summed E-state index contributed by atoms with van der Waals surface area (Å²) in [6.45, 7) is 6.90. The molecule has 4 heteroatoms. The highest BCUT2D eigenvalue weighted by Gasteiger charge is 2.07. The zero-order valence-corrected chi connectivity index (χ0v) is 9.78. The molecule has 0 bridgehead atoms. The fourth-order valence-electron chi connectivity index (χ4n) is 0.755. The number of methoxy groups -OCH3 is 2. The average molecular weight is 206 g/mol. The zero-order chi connectivity index (χ0) is 11.0. The second-order valence-corrected chi connectivity index (χ2v) is 3.33. The van der Waals surface area contributed by atoms with Crippen LogP contribution in [0.4, 0.5) is 0 Å². The van der Waals surface area contributed by atoms with Crippen LogP contribution in [0.25, 0.3) is 0 Å². The molecule has 0 aliphatic carbocycles. The minimum Gasteiger partial charge on any atom is -0.379 e. The average Bonchev–Trinajstić information content (AvgIpc) is 2.22. The topological polar surface area (TPSA) is 36.9 Å². The van der Waals surface area contributed by atoms with Crippen LogP contribution in [0, 0.1) is 0 Å². The lowest BCUT2D eigenvalue weighted by molar-refractivity contribution is -0.140. The van der Waals surface area contributed by atoms with Gasteiger partial charge in [0.25, 0.3) is 0 Å². The van der Waals surface area contributed by atoms with E-state index in [0.717, 1.165) is 0 Å². The lowest BCUT2D eigenvalue weighted by atomic mass is 10.4. The van der Waals surface area contributed by atoms with Crippen molar-refractivity contribution in [2.75, 3.05) is 27.4 Å². The SMILES string of the molecule is COC(C)COC(C)COC(C)OC. The molecule has 0 heterocycles. The van der Waals surface area contributed by atoms with E-state index in [-0.39, 0.29) is 18.5 Å². The van der Waals surface area contributed by atoms with Crippen LogP contribution in [0.5, 0.6) is 0 Å². The van der Waals surface area contributed by atoms with Crippen molar-refractivity contribution in [3.63, 3.8) is 0 Å².